The Morgan fingerprint density at radius 3 is 2.80 bits per heavy atom. The topological polar surface area (TPSA) is 83.4 Å². The summed E-state index contributed by atoms with van der Waals surface area (Å²) in [6, 6.07) is 0.0295. The van der Waals surface area contributed by atoms with Crippen LogP contribution in [0.25, 0.3) is 0 Å². The van der Waals surface area contributed by atoms with E-state index in [1.54, 1.807) is 7.11 Å². The Morgan fingerprint density at radius 2 is 2.10 bits per heavy atom. The summed E-state index contributed by atoms with van der Waals surface area (Å²) in [6.07, 6.45) is 6.27. The van der Waals surface area contributed by atoms with E-state index >= 15 is 0 Å². The van der Waals surface area contributed by atoms with Crippen LogP contribution in [0.5, 0.6) is 0 Å². The maximum atomic E-state index is 6.13. The summed E-state index contributed by atoms with van der Waals surface area (Å²) in [6.45, 7) is 1.27. The Hall–Kier alpha value is -0.980. The molecule has 0 radical (unpaired) electrons. The monoisotopic (exact) mass is 281 g/mol. The van der Waals surface area contributed by atoms with Gasteiger partial charge in [-0.15, -0.1) is 0 Å². The van der Waals surface area contributed by atoms with Gasteiger partial charge in [0.05, 0.1) is 12.5 Å². The Balaban J connectivity index is 1.81. The van der Waals surface area contributed by atoms with Gasteiger partial charge in [0.25, 0.3) is 0 Å². The number of hydrogen-bond acceptors (Lipinski definition) is 6. The number of rotatable bonds is 3. The van der Waals surface area contributed by atoms with Crippen molar-refractivity contribution in [3.05, 3.63) is 11.7 Å². The summed E-state index contributed by atoms with van der Waals surface area (Å²) < 4.78 is 16.7. The zero-order valence-corrected chi connectivity index (χ0v) is 12.0. The van der Waals surface area contributed by atoms with Gasteiger partial charge in [0, 0.05) is 19.8 Å². The summed E-state index contributed by atoms with van der Waals surface area (Å²) >= 11 is 0. The van der Waals surface area contributed by atoms with Crippen LogP contribution in [0.3, 0.4) is 0 Å². The average molecular weight is 281 g/mol. The molecule has 0 aromatic carbocycles. The highest BCUT2D eigenvalue weighted by Gasteiger charge is 2.40. The highest BCUT2D eigenvalue weighted by Crippen LogP contribution is 2.39. The van der Waals surface area contributed by atoms with Crippen LogP contribution >= 0.6 is 0 Å². The van der Waals surface area contributed by atoms with E-state index in [1.165, 1.54) is 6.42 Å². The van der Waals surface area contributed by atoms with Gasteiger partial charge in [-0.2, -0.15) is 4.98 Å². The van der Waals surface area contributed by atoms with E-state index in [4.69, 9.17) is 19.7 Å². The minimum Gasteiger partial charge on any atom is -0.381 e. The molecular formula is C14H23N3O3. The van der Waals surface area contributed by atoms with Crippen molar-refractivity contribution in [2.75, 3.05) is 20.3 Å². The third kappa shape index (κ3) is 2.47. The van der Waals surface area contributed by atoms with Crippen molar-refractivity contribution in [2.45, 2.75) is 56.1 Å². The molecule has 6 heteroatoms. The van der Waals surface area contributed by atoms with Crippen molar-refractivity contribution < 1.29 is 14.0 Å². The van der Waals surface area contributed by atoms with Gasteiger partial charge in [-0.3, -0.25) is 0 Å². The summed E-state index contributed by atoms with van der Waals surface area (Å²) in [5.74, 6) is 1.27. The van der Waals surface area contributed by atoms with Crippen molar-refractivity contribution in [3.63, 3.8) is 0 Å². The smallest absolute Gasteiger partial charge is 0.233 e. The van der Waals surface area contributed by atoms with Gasteiger partial charge < -0.3 is 19.7 Å². The number of ether oxygens (including phenoxy) is 2. The second-order valence-corrected chi connectivity index (χ2v) is 5.85. The number of methoxy groups -OCH3 is 1. The molecule has 112 valence electrons. The van der Waals surface area contributed by atoms with Crippen LogP contribution in [-0.4, -0.2) is 36.5 Å². The molecule has 20 heavy (non-hydrogen) atoms. The molecular weight excluding hydrogens is 258 g/mol. The Kier molecular flexibility index (Phi) is 4.05. The molecule has 0 spiro atoms. The lowest BCUT2D eigenvalue weighted by Gasteiger charge is -2.32. The third-order valence-corrected chi connectivity index (χ3v) is 4.63. The molecule has 2 fully saturated rings. The predicted octanol–water partition coefficient (Wildman–Crippen LogP) is 1.71. The summed E-state index contributed by atoms with van der Waals surface area (Å²) in [4.78, 5) is 4.59. The second-order valence-electron chi connectivity index (χ2n) is 5.85. The summed E-state index contributed by atoms with van der Waals surface area (Å²) in [7, 11) is 1.73. The van der Waals surface area contributed by atoms with E-state index in [2.05, 4.69) is 10.1 Å². The van der Waals surface area contributed by atoms with E-state index in [-0.39, 0.29) is 17.6 Å². The van der Waals surface area contributed by atoms with Gasteiger partial charge >= 0.3 is 0 Å². The summed E-state index contributed by atoms with van der Waals surface area (Å²) in [5, 5.41) is 4.17. The van der Waals surface area contributed by atoms with Gasteiger partial charge in [-0.25, -0.2) is 0 Å². The van der Waals surface area contributed by atoms with Gasteiger partial charge in [-0.05, 0) is 19.3 Å². The Morgan fingerprint density at radius 1 is 1.30 bits per heavy atom. The second kappa shape index (κ2) is 5.79. The van der Waals surface area contributed by atoms with Crippen molar-refractivity contribution >= 4 is 0 Å². The van der Waals surface area contributed by atoms with Crippen molar-refractivity contribution in [1.29, 1.82) is 0 Å². The number of aromatic nitrogens is 2. The molecule has 2 atom stereocenters. The molecule has 2 unspecified atom stereocenters. The first kappa shape index (κ1) is 14.0. The molecule has 1 aliphatic carbocycles. The molecule has 1 aromatic rings. The maximum Gasteiger partial charge on any atom is 0.233 e. The van der Waals surface area contributed by atoms with Crippen LogP contribution in [-0.2, 0) is 15.1 Å². The van der Waals surface area contributed by atoms with Crippen LogP contribution in [0.15, 0.2) is 4.52 Å². The molecule has 1 aliphatic heterocycles. The molecule has 2 aliphatic rings. The lowest BCUT2D eigenvalue weighted by molar-refractivity contribution is -0.0527. The molecule has 0 amide bonds. The highest BCUT2D eigenvalue weighted by atomic mass is 16.5. The quantitative estimate of drug-likeness (QED) is 0.908. The maximum absolute atomic E-state index is 6.13. The number of hydrogen-bond donors (Lipinski definition) is 1. The standard InChI is InChI=1S/C14H23N3O3/c1-18-14(6-3-2-4-7-14)13-16-12(20-17-13)10-9-19-8-5-11(10)15/h10-11H,2-9,15H2,1H3. The van der Waals surface area contributed by atoms with Crippen molar-refractivity contribution in [2.24, 2.45) is 5.73 Å². The SMILES string of the molecule is COC1(c2noc(C3COCCC3N)n2)CCCCC1. The minimum atomic E-state index is -0.375. The number of nitrogens with two attached hydrogens (primary N) is 1. The molecule has 2 N–H and O–H groups in total. The lowest BCUT2D eigenvalue weighted by atomic mass is 9.84. The van der Waals surface area contributed by atoms with Crippen LogP contribution in [0, 0.1) is 0 Å². The lowest BCUT2D eigenvalue weighted by Crippen LogP contribution is -2.37. The van der Waals surface area contributed by atoms with E-state index < -0.39 is 0 Å². The summed E-state index contributed by atoms with van der Waals surface area (Å²) in [5.41, 5.74) is 5.75. The van der Waals surface area contributed by atoms with Crippen LogP contribution < -0.4 is 5.73 Å². The minimum absolute atomic E-state index is 0.00231. The van der Waals surface area contributed by atoms with Gasteiger partial charge in [-0.1, -0.05) is 24.4 Å². The van der Waals surface area contributed by atoms with E-state index in [0.29, 0.717) is 24.9 Å². The average Bonchev–Trinajstić information content (AvgIpc) is 2.98. The van der Waals surface area contributed by atoms with E-state index in [0.717, 1.165) is 32.1 Å². The van der Waals surface area contributed by atoms with Crippen molar-refractivity contribution in [1.82, 2.24) is 10.1 Å². The fourth-order valence-electron chi connectivity index (χ4n) is 3.22. The first-order chi connectivity index (χ1) is 9.75. The van der Waals surface area contributed by atoms with E-state index in [1.807, 2.05) is 0 Å². The van der Waals surface area contributed by atoms with Gasteiger partial charge in [0.15, 0.2) is 0 Å². The molecule has 3 rings (SSSR count). The molecule has 1 aromatic heterocycles. The first-order valence-electron chi connectivity index (χ1n) is 7.48. The first-order valence-corrected chi connectivity index (χ1v) is 7.48. The number of nitrogens with zero attached hydrogens (tertiary/aromatic N) is 2. The molecule has 1 saturated heterocycles. The fraction of sp³-hybridized carbons (Fsp3) is 0.857. The molecule has 2 heterocycles. The third-order valence-electron chi connectivity index (χ3n) is 4.63. The predicted molar refractivity (Wildman–Crippen MR) is 72.2 cm³/mol. The Labute approximate surface area is 119 Å². The largest absolute Gasteiger partial charge is 0.381 e. The van der Waals surface area contributed by atoms with Crippen LogP contribution in [0.4, 0.5) is 0 Å². The van der Waals surface area contributed by atoms with Gasteiger partial charge in [0.1, 0.15) is 5.60 Å². The normalized spacial score (nSPS) is 30.3. The zero-order chi connectivity index (χ0) is 14.0. The van der Waals surface area contributed by atoms with Crippen LogP contribution in [0.2, 0.25) is 0 Å². The molecule has 6 nitrogen and oxygen atoms in total. The molecule has 1 saturated carbocycles. The molecule has 0 bridgehead atoms. The van der Waals surface area contributed by atoms with Gasteiger partial charge in [0.2, 0.25) is 11.7 Å². The zero-order valence-electron chi connectivity index (χ0n) is 12.0. The van der Waals surface area contributed by atoms with Crippen molar-refractivity contribution in [3.8, 4) is 0 Å². The fourth-order valence-corrected chi connectivity index (χ4v) is 3.22. The highest BCUT2D eigenvalue weighted by molar-refractivity contribution is 5.07. The Bertz CT molecular complexity index is 443. The van der Waals surface area contributed by atoms with Crippen LogP contribution in [0.1, 0.15) is 56.2 Å². The van der Waals surface area contributed by atoms with E-state index in [9.17, 15) is 0 Å².